The van der Waals surface area contributed by atoms with E-state index >= 15 is 0 Å². The van der Waals surface area contributed by atoms with E-state index in [4.69, 9.17) is 9.97 Å². The maximum Gasteiger partial charge on any atom is 0.171 e. The van der Waals surface area contributed by atoms with Crippen LogP contribution in [0.15, 0.2) is 12.1 Å². The van der Waals surface area contributed by atoms with Crippen LogP contribution >= 0.6 is 33.9 Å². The van der Waals surface area contributed by atoms with E-state index in [-0.39, 0.29) is 5.41 Å². The second kappa shape index (κ2) is 6.60. The minimum absolute atomic E-state index is 0.00314. The Bertz CT molecular complexity index is 629. The van der Waals surface area contributed by atoms with Gasteiger partial charge in [-0.3, -0.25) is 0 Å². The van der Waals surface area contributed by atoms with Crippen molar-refractivity contribution in [3.05, 3.63) is 26.3 Å². The van der Waals surface area contributed by atoms with Gasteiger partial charge in [0.05, 0.1) is 14.1 Å². The van der Waals surface area contributed by atoms with E-state index in [1.165, 1.54) is 4.88 Å². The van der Waals surface area contributed by atoms with Crippen LogP contribution in [-0.2, 0) is 5.41 Å². The van der Waals surface area contributed by atoms with Gasteiger partial charge in [-0.25, -0.2) is 9.97 Å². The van der Waals surface area contributed by atoms with Gasteiger partial charge in [0.1, 0.15) is 5.82 Å². The second-order valence-corrected chi connectivity index (χ2v) is 8.51. The second-order valence-electron chi connectivity index (χ2n) is 6.15. The largest absolute Gasteiger partial charge is 0.369 e. The summed E-state index contributed by atoms with van der Waals surface area (Å²) in [7, 11) is 0. The lowest BCUT2D eigenvalue weighted by Gasteiger charge is -2.22. The van der Waals surface area contributed by atoms with Gasteiger partial charge in [-0.15, -0.1) is 11.3 Å². The normalized spacial score (nSPS) is 11.7. The molecule has 2 aromatic rings. The molecule has 2 heterocycles. The van der Waals surface area contributed by atoms with Crippen LogP contribution in [0.1, 0.15) is 44.7 Å². The van der Waals surface area contributed by atoms with Crippen molar-refractivity contribution in [2.75, 3.05) is 11.9 Å². The average Bonchev–Trinajstić information content (AvgIpc) is 2.83. The maximum atomic E-state index is 4.85. The molecule has 114 valence electrons. The molecule has 0 atom stereocenters. The predicted octanol–water partition coefficient (Wildman–Crippen LogP) is 5.24. The van der Waals surface area contributed by atoms with Gasteiger partial charge >= 0.3 is 0 Å². The molecule has 5 heteroatoms. The molecule has 1 N–H and O–H groups in total. The first-order valence-corrected chi connectivity index (χ1v) is 9.11. The summed E-state index contributed by atoms with van der Waals surface area (Å²) in [6, 6.07) is 4.23. The van der Waals surface area contributed by atoms with Crippen LogP contribution in [0.2, 0.25) is 0 Å². The zero-order chi connectivity index (χ0) is 15.6. The topological polar surface area (TPSA) is 37.8 Å². The smallest absolute Gasteiger partial charge is 0.171 e. The number of anilines is 1. The summed E-state index contributed by atoms with van der Waals surface area (Å²) >= 11 is 4.11. The Kier molecular flexibility index (Phi) is 5.24. The van der Waals surface area contributed by atoms with Crippen molar-refractivity contribution in [3.8, 4) is 10.7 Å². The lowest BCUT2D eigenvalue weighted by molar-refractivity contribution is 0.564. The third-order valence-corrected chi connectivity index (χ3v) is 5.08. The molecule has 0 aromatic carbocycles. The molecule has 0 bridgehead atoms. The van der Waals surface area contributed by atoms with E-state index in [0.717, 1.165) is 38.7 Å². The summed E-state index contributed by atoms with van der Waals surface area (Å²) in [4.78, 5) is 12.0. The number of rotatable bonds is 4. The summed E-state index contributed by atoms with van der Waals surface area (Å²) in [5.74, 6) is 1.79. The molecule has 0 amide bonds. The van der Waals surface area contributed by atoms with Crippen molar-refractivity contribution >= 4 is 39.7 Å². The molecule has 0 radical (unpaired) electrons. The first kappa shape index (κ1) is 16.7. The van der Waals surface area contributed by atoms with Gasteiger partial charge in [0.2, 0.25) is 0 Å². The molecular formula is C16H22IN3S. The van der Waals surface area contributed by atoms with E-state index in [1.54, 1.807) is 11.3 Å². The van der Waals surface area contributed by atoms with Crippen molar-refractivity contribution in [1.29, 1.82) is 0 Å². The molecule has 2 rings (SSSR count). The Morgan fingerprint density at radius 2 is 1.95 bits per heavy atom. The highest BCUT2D eigenvalue weighted by molar-refractivity contribution is 14.1. The van der Waals surface area contributed by atoms with Gasteiger partial charge in [0.25, 0.3) is 0 Å². The van der Waals surface area contributed by atoms with Crippen molar-refractivity contribution in [2.24, 2.45) is 0 Å². The Morgan fingerprint density at radius 3 is 2.48 bits per heavy atom. The number of aromatic nitrogens is 2. The summed E-state index contributed by atoms with van der Waals surface area (Å²) in [5.41, 5.74) is 1.11. The Labute approximate surface area is 144 Å². The molecule has 0 saturated carbocycles. The third-order valence-electron chi connectivity index (χ3n) is 3.06. The Balaban J connectivity index is 2.55. The van der Waals surface area contributed by atoms with Gasteiger partial charge in [0.15, 0.2) is 5.82 Å². The molecule has 2 aromatic heterocycles. The number of thiophene rings is 1. The molecule has 0 saturated heterocycles. The Morgan fingerprint density at radius 1 is 1.24 bits per heavy atom. The SMILES string of the molecule is CCCNc1nc(-c2ccc(C)s2)nc(C(C)(C)C)c1I. The van der Waals surface area contributed by atoms with Gasteiger partial charge in [0, 0.05) is 16.8 Å². The van der Waals surface area contributed by atoms with Crippen molar-refractivity contribution in [1.82, 2.24) is 9.97 Å². The number of nitrogens with one attached hydrogen (secondary N) is 1. The van der Waals surface area contributed by atoms with E-state index < -0.39 is 0 Å². The van der Waals surface area contributed by atoms with Crippen LogP contribution in [-0.4, -0.2) is 16.5 Å². The lowest BCUT2D eigenvalue weighted by Crippen LogP contribution is -2.19. The molecule has 0 unspecified atom stereocenters. The lowest BCUT2D eigenvalue weighted by atomic mass is 9.92. The maximum absolute atomic E-state index is 4.85. The van der Waals surface area contributed by atoms with Crippen molar-refractivity contribution in [3.63, 3.8) is 0 Å². The first-order valence-electron chi connectivity index (χ1n) is 7.21. The van der Waals surface area contributed by atoms with Crippen LogP contribution in [0.25, 0.3) is 10.7 Å². The molecule has 0 aliphatic heterocycles. The van der Waals surface area contributed by atoms with Gasteiger partial charge in [-0.05, 0) is 48.1 Å². The third kappa shape index (κ3) is 3.94. The van der Waals surface area contributed by atoms with E-state index in [2.05, 4.69) is 74.7 Å². The van der Waals surface area contributed by atoms with Crippen LogP contribution in [0.3, 0.4) is 0 Å². The van der Waals surface area contributed by atoms with Gasteiger partial charge in [-0.2, -0.15) is 0 Å². The highest BCUT2D eigenvalue weighted by Crippen LogP contribution is 2.33. The number of hydrogen-bond donors (Lipinski definition) is 1. The fourth-order valence-corrected chi connectivity index (χ4v) is 4.01. The van der Waals surface area contributed by atoms with E-state index in [0.29, 0.717) is 0 Å². The zero-order valence-corrected chi connectivity index (χ0v) is 16.2. The molecule has 0 spiro atoms. The van der Waals surface area contributed by atoms with Crippen LogP contribution in [0.4, 0.5) is 5.82 Å². The number of nitrogens with zero attached hydrogens (tertiary/aromatic N) is 2. The summed E-state index contributed by atoms with van der Waals surface area (Å²) in [6.45, 7) is 11.8. The monoisotopic (exact) mass is 415 g/mol. The van der Waals surface area contributed by atoms with Gasteiger partial charge in [-0.1, -0.05) is 27.7 Å². The molecule has 0 fully saturated rings. The number of hydrogen-bond acceptors (Lipinski definition) is 4. The Hall–Kier alpha value is -0.690. The quantitative estimate of drug-likeness (QED) is 0.695. The number of aryl methyl sites for hydroxylation is 1. The molecule has 21 heavy (non-hydrogen) atoms. The molecular weight excluding hydrogens is 393 g/mol. The standard InChI is InChI=1S/C16H22IN3S/c1-6-9-18-15-12(17)13(16(3,4)5)19-14(20-15)11-8-7-10(2)21-11/h7-8H,6,9H2,1-5H3,(H,18,19,20). The summed E-state index contributed by atoms with van der Waals surface area (Å²) < 4.78 is 1.13. The first-order chi connectivity index (χ1) is 9.82. The highest BCUT2D eigenvalue weighted by Gasteiger charge is 2.23. The fraction of sp³-hybridized carbons (Fsp3) is 0.500. The van der Waals surface area contributed by atoms with Crippen LogP contribution in [0.5, 0.6) is 0 Å². The predicted molar refractivity (Wildman–Crippen MR) is 100 cm³/mol. The van der Waals surface area contributed by atoms with Gasteiger partial charge < -0.3 is 5.32 Å². The fourth-order valence-electron chi connectivity index (χ4n) is 1.97. The molecule has 0 aliphatic rings. The average molecular weight is 415 g/mol. The minimum atomic E-state index is 0.00314. The van der Waals surface area contributed by atoms with Crippen molar-refractivity contribution < 1.29 is 0 Å². The zero-order valence-electron chi connectivity index (χ0n) is 13.2. The molecule has 0 aliphatic carbocycles. The van der Waals surface area contributed by atoms with Crippen LogP contribution < -0.4 is 5.32 Å². The summed E-state index contributed by atoms with van der Waals surface area (Å²) in [6.07, 6.45) is 1.08. The van der Waals surface area contributed by atoms with Crippen molar-refractivity contribution in [2.45, 2.75) is 46.5 Å². The molecule has 3 nitrogen and oxygen atoms in total. The van der Waals surface area contributed by atoms with E-state index in [9.17, 15) is 0 Å². The number of halogens is 1. The summed E-state index contributed by atoms with van der Waals surface area (Å²) in [5, 5.41) is 3.44. The highest BCUT2D eigenvalue weighted by atomic mass is 127. The minimum Gasteiger partial charge on any atom is -0.369 e. The van der Waals surface area contributed by atoms with Crippen LogP contribution in [0, 0.1) is 10.5 Å². The van der Waals surface area contributed by atoms with E-state index in [1.807, 2.05) is 0 Å².